The van der Waals surface area contributed by atoms with Crippen LogP contribution in [0.15, 0.2) is 0 Å². The van der Waals surface area contributed by atoms with E-state index in [1.165, 1.54) is 9.80 Å². The minimum atomic E-state index is -0.870. The highest BCUT2D eigenvalue weighted by atomic mass is 16.6. The number of likely N-dealkylation sites (tertiary alicyclic amines) is 1. The van der Waals surface area contributed by atoms with Crippen molar-refractivity contribution in [2.45, 2.75) is 19.3 Å². The minimum Gasteiger partial charge on any atom is -0.465 e. The Morgan fingerprint density at radius 3 is 2.83 bits per heavy atom. The summed E-state index contributed by atoms with van der Waals surface area (Å²) in [5.41, 5.74) is -0.160. The van der Waals surface area contributed by atoms with Gasteiger partial charge in [0.25, 0.3) is 0 Å². The van der Waals surface area contributed by atoms with Gasteiger partial charge in [0.1, 0.15) is 6.61 Å². The summed E-state index contributed by atoms with van der Waals surface area (Å²) < 4.78 is 5.26. The van der Waals surface area contributed by atoms with Gasteiger partial charge < -0.3 is 19.6 Å². The van der Waals surface area contributed by atoms with Gasteiger partial charge in [-0.15, -0.1) is 0 Å². The Morgan fingerprint density at radius 1 is 1.50 bits per heavy atom. The van der Waals surface area contributed by atoms with Crippen molar-refractivity contribution in [3.63, 3.8) is 0 Å². The summed E-state index contributed by atoms with van der Waals surface area (Å²) in [5, 5.41) is 9.09. The maximum Gasteiger partial charge on any atom is 0.409 e. The van der Waals surface area contributed by atoms with Crippen LogP contribution in [0.4, 0.5) is 9.59 Å². The van der Waals surface area contributed by atoms with E-state index < -0.39 is 6.09 Å². The first-order valence-electron chi connectivity index (χ1n) is 6.24. The van der Waals surface area contributed by atoms with Crippen molar-refractivity contribution in [2.24, 2.45) is 11.3 Å². The van der Waals surface area contributed by atoms with Gasteiger partial charge in [-0.1, -0.05) is 0 Å². The number of piperidine rings is 1. The van der Waals surface area contributed by atoms with E-state index in [0.29, 0.717) is 25.6 Å². The first-order valence-corrected chi connectivity index (χ1v) is 6.24. The summed E-state index contributed by atoms with van der Waals surface area (Å²) in [5.74, 6) is 0.424. The molecule has 2 unspecified atom stereocenters. The Hall–Kier alpha value is -1.46. The van der Waals surface area contributed by atoms with Gasteiger partial charge in [-0.2, -0.15) is 0 Å². The maximum absolute atomic E-state index is 11.4. The molecule has 1 saturated carbocycles. The van der Waals surface area contributed by atoms with Gasteiger partial charge in [0, 0.05) is 32.6 Å². The van der Waals surface area contributed by atoms with Gasteiger partial charge in [0.2, 0.25) is 0 Å². The standard InChI is InChI=1S/C12H20N2O4/c1-13(2)11(17)18-8-12-4-3-9(5-12)6-14(7-12)10(15)16/h9H,3-8H2,1-2H3,(H,15,16). The predicted molar refractivity (Wildman–Crippen MR) is 64.4 cm³/mol. The van der Waals surface area contributed by atoms with E-state index in [0.717, 1.165) is 19.3 Å². The van der Waals surface area contributed by atoms with Crippen molar-refractivity contribution in [3.8, 4) is 0 Å². The fourth-order valence-corrected chi connectivity index (χ4v) is 3.07. The number of hydrogen-bond donors (Lipinski definition) is 1. The monoisotopic (exact) mass is 256 g/mol. The van der Waals surface area contributed by atoms with Crippen LogP contribution in [-0.4, -0.2) is 60.9 Å². The fraction of sp³-hybridized carbons (Fsp3) is 0.833. The largest absolute Gasteiger partial charge is 0.465 e. The third kappa shape index (κ3) is 2.52. The lowest BCUT2D eigenvalue weighted by atomic mass is 9.83. The maximum atomic E-state index is 11.4. The lowest BCUT2D eigenvalue weighted by Crippen LogP contribution is -2.47. The molecule has 1 heterocycles. The van der Waals surface area contributed by atoms with E-state index >= 15 is 0 Å². The van der Waals surface area contributed by atoms with E-state index in [1.54, 1.807) is 14.1 Å². The van der Waals surface area contributed by atoms with Gasteiger partial charge in [-0.3, -0.25) is 0 Å². The second kappa shape index (κ2) is 4.66. The average Bonchev–Trinajstić information content (AvgIpc) is 2.61. The molecule has 2 aliphatic rings. The normalized spacial score (nSPS) is 30.1. The topological polar surface area (TPSA) is 70.1 Å². The molecule has 1 saturated heterocycles. The third-order valence-electron chi connectivity index (χ3n) is 3.95. The zero-order valence-electron chi connectivity index (χ0n) is 10.9. The smallest absolute Gasteiger partial charge is 0.409 e. The quantitative estimate of drug-likeness (QED) is 0.812. The molecule has 102 valence electrons. The lowest BCUT2D eigenvalue weighted by molar-refractivity contribution is 0.0242. The Kier molecular flexibility index (Phi) is 3.36. The van der Waals surface area contributed by atoms with E-state index in [9.17, 15) is 9.59 Å². The Morgan fingerprint density at radius 2 is 2.22 bits per heavy atom. The van der Waals surface area contributed by atoms with Crippen molar-refractivity contribution in [2.75, 3.05) is 33.8 Å². The molecule has 1 N–H and O–H groups in total. The fourth-order valence-electron chi connectivity index (χ4n) is 3.07. The number of ether oxygens (including phenoxy) is 1. The van der Waals surface area contributed by atoms with Crippen LogP contribution in [-0.2, 0) is 4.74 Å². The second-order valence-corrected chi connectivity index (χ2v) is 5.72. The molecule has 0 aromatic rings. The van der Waals surface area contributed by atoms with Gasteiger partial charge in [-0.05, 0) is 25.2 Å². The lowest BCUT2D eigenvalue weighted by Gasteiger charge is -2.38. The number of rotatable bonds is 2. The number of nitrogens with zero attached hydrogens (tertiary/aromatic N) is 2. The van der Waals surface area contributed by atoms with Crippen LogP contribution in [0.2, 0.25) is 0 Å². The molecule has 0 aromatic carbocycles. The molecule has 6 nitrogen and oxygen atoms in total. The average molecular weight is 256 g/mol. The molecule has 2 atom stereocenters. The summed E-state index contributed by atoms with van der Waals surface area (Å²) in [6, 6.07) is 0. The first-order chi connectivity index (χ1) is 8.42. The molecule has 1 aliphatic heterocycles. The zero-order valence-corrected chi connectivity index (χ0v) is 10.9. The Labute approximate surface area is 106 Å². The molecule has 1 aliphatic carbocycles. The summed E-state index contributed by atoms with van der Waals surface area (Å²) >= 11 is 0. The van der Waals surface area contributed by atoms with Gasteiger partial charge in [0.15, 0.2) is 0 Å². The Balaban J connectivity index is 1.97. The number of fused-ring (bicyclic) bond motifs is 2. The van der Waals surface area contributed by atoms with Crippen molar-refractivity contribution in [3.05, 3.63) is 0 Å². The van der Waals surface area contributed by atoms with Crippen molar-refractivity contribution in [1.82, 2.24) is 9.80 Å². The Bertz CT molecular complexity index is 358. The molecule has 0 spiro atoms. The molecule has 2 bridgehead atoms. The number of carboxylic acid groups (broad SMARTS) is 1. The number of carbonyl (C=O) groups is 2. The minimum absolute atomic E-state index is 0.160. The van der Waals surface area contributed by atoms with Crippen LogP contribution in [0.3, 0.4) is 0 Å². The molecule has 18 heavy (non-hydrogen) atoms. The summed E-state index contributed by atoms with van der Waals surface area (Å²) in [6.07, 6.45) is 1.72. The molecule has 6 heteroatoms. The highest BCUT2D eigenvalue weighted by molar-refractivity contribution is 5.67. The second-order valence-electron chi connectivity index (χ2n) is 5.72. The van der Waals surface area contributed by atoms with Crippen LogP contribution >= 0.6 is 0 Å². The summed E-state index contributed by atoms with van der Waals surface area (Å²) in [6.45, 7) is 1.43. The van der Waals surface area contributed by atoms with Crippen molar-refractivity contribution >= 4 is 12.2 Å². The first kappa shape index (κ1) is 13.0. The van der Waals surface area contributed by atoms with E-state index in [2.05, 4.69) is 0 Å². The molecular weight excluding hydrogens is 236 g/mol. The molecule has 2 rings (SSSR count). The predicted octanol–water partition coefficient (Wildman–Crippen LogP) is 1.46. The van der Waals surface area contributed by atoms with Crippen LogP contribution in [0.5, 0.6) is 0 Å². The highest BCUT2D eigenvalue weighted by Gasteiger charge is 2.47. The molecule has 2 fully saturated rings. The van der Waals surface area contributed by atoms with Crippen LogP contribution in [0, 0.1) is 11.3 Å². The molecular formula is C12H20N2O4. The van der Waals surface area contributed by atoms with Gasteiger partial charge in [-0.25, -0.2) is 9.59 Å². The zero-order chi connectivity index (χ0) is 13.3. The molecule has 2 amide bonds. The van der Waals surface area contributed by atoms with Crippen molar-refractivity contribution in [1.29, 1.82) is 0 Å². The highest BCUT2D eigenvalue weighted by Crippen LogP contribution is 2.46. The summed E-state index contributed by atoms with van der Waals surface area (Å²) in [7, 11) is 3.28. The third-order valence-corrected chi connectivity index (χ3v) is 3.95. The summed E-state index contributed by atoms with van der Waals surface area (Å²) in [4.78, 5) is 25.4. The SMILES string of the molecule is CN(C)C(=O)OCC12CCC(CN(C(=O)O)C1)C2. The van der Waals surface area contributed by atoms with Crippen LogP contribution < -0.4 is 0 Å². The number of hydrogen-bond acceptors (Lipinski definition) is 3. The number of amides is 2. The number of carbonyl (C=O) groups excluding carboxylic acids is 1. The van der Waals surface area contributed by atoms with E-state index in [1.807, 2.05) is 0 Å². The van der Waals surface area contributed by atoms with Crippen molar-refractivity contribution < 1.29 is 19.4 Å². The van der Waals surface area contributed by atoms with Gasteiger partial charge in [0.05, 0.1) is 0 Å². The molecule has 0 radical (unpaired) electrons. The molecule has 0 aromatic heterocycles. The van der Waals surface area contributed by atoms with Crippen LogP contribution in [0.1, 0.15) is 19.3 Å². The van der Waals surface area contributed by atoms with E-state index in [4.69, 9.17) is 9.84 Å². The van der Waals surface area contributed by atoms with E-state index in [-0.39, 0.29) is 11.5 Å². The van der Waals surface area contributed by atoms with Gasteiger partial charge >= 0.3 is 12.2 Å². The van der Waals surface area contributed by atoms with Crippen LogP contribution in [0.25, 0.3) is 0 Å².